The molecule has 136 valence electrons. The zero-order valence-corrected chi connectivity index (χ0v) is 15.3. The molecule has 0 aliphatic carbocycles. The van der Waals surface area contributed by atoms with Gasteiger partial charge in [-0.3, -0.25) is 4.90 Å². The summed E-state index contributed by atoms with van der Waals surface area (Å²) >= 11 is 0. The van der Waals surface area contributed by atoms with Crippen LogP contribution >= 0.6 is 0 Å². The van der Waals surface area contributed by atoms with Gasteiger partial charge >= 0.3 is 0 Å². The molecule has 26 heavy (non-hydrogen) atoms. The summed E-state index contributed by atoms with van der Waals surface area (Å²) in [6.45, 7) is 7.80. The molecule has 2 heterocycles. The molecule has 0 bridgehead atoms. The Hall–Kier alpha value is -2.37. The lowest BCUT2D eigenvalue weighted by Gasteiger charge is -2.35. The Labute approximate surface area is 153 Å². The number of hydrogen-bond donors (Lipinski definition) is 1. The van der Waals surface area contributed by atoms with Crippen molar-refractivity contribution in [3.05, 3.63) is 48.5 Å². The van der Waals surface area contributed by atoms with Gasteiger partial charge in [-0.2, -0.15) is 0 Å². The molecule has 0 spiro atoms. The molecule has 1 N–H and O–H groups in total. The smallest absolute Gasteiger partial charge is 0.138 e. The minimum absolute atomic E-state index is 0.293. The maximum atomic E-state index is 5.92. The maximum absolute atomic E-state index is 5.92. The Morgan fingerprint density at radius 3 is 2.54 bits per heavy atom. The first-order chi connectivity index (χ1) is 12.7. The number of ether oxygens (including phenoxy) is 2. The highest BCUT2D eigenvalue weighted by Gasteiger charge is 2.21. The number of fused-ring (bicyclic) bond motifs is 1. The molecule has 2 atom stereocenters. The first-order valence-electron chi connectivity index (χ1n) is 9.23. The molecule has 3 aromatic rings. The van der Waals surface area contributed by atoms with E-state index in [9.17, 15) is 0 Å². The summed E-state index contributed by atoms with van der Waals surface area (Å²) in [5, 5.41) is 0. The van der Waals surface area contributed by atoms with Gasteiger partial charge in [-0.1, -0.05) is 12.1 Å². The Kier molecular flexibility index (Phi) is 4.91. The number of rotatable bonds is 5. The lowest BCUT2D eigenvalue weighted by atomic mass is 10.2. The SMILES string of the molecule is CC1CN(CCOc2ccc(-c3nc4ccccc4[nH]3)cc2)CC(C)O1. The van der Waals surface area contributed by atoms with E-state index < -0.39 is 0 Å². The van der Waals surface area contributed by atoms with E-state index in [0.717, 1.165) is 47.8 Å². The van der Waals surface area contributed by atoms with Crippen molar-refractivity contribution in [2.45, 2.75) is 26.1 Å². The number of morpholine rings is 1. The topological polar surface area (TPSA) is 50.4 Å². The van der Waals surface area contributed by atoms with E-state index in [1.54, 1.807) is 0 Å². The van der Waals surface area contributed by atoms with Gasteiger partial charge < -0.3 is 14.5 Å². The van der Waals surface area contributed by atoms with E-state index in [1.807, 2.05) is 48.5 Å². The van der Waals surface area contributed by atoms with Crippen molar-refractivity contribution in [1.82, 2.24) is 14.9 Å². The molecular formula is C21H25N3O2. The number of hydrogen-bond acceptors (Lipinski definition) is 4. The molecule has 1 saturated heterocycles. The first-order valence-corrected chi connectivity index (χ1v) is 9.23. The molecule has 1 aliphatic rings. The second-order valence-corrected chi connectivity index (χ2v) is 6.99. The molecule has 4 rings (SSSR count). The van der Waals surface area contributed by atoms with Gasteiger partial charge in [0.1, 0.15) is 18.2 Å². The Balaban J connectivity index is 1.34. The number of H-pyrrole nitrogens is 1. The van der Waals surface area contributed by atoms with Crippen LogP contribution in [0.3, 0.4) is 0 Å². The number of imidazole rings is 1. The van der Waals surface area contributed by atoms with Gasteiger partial charge in [0.25, 0.3) is 0 Å². The van der Waals surface area contributed by atoms with Crippen LogP contribution in [0, 0.1) is 0 Å². The molecule has 0 saturated carbocycles. The summed E-state index contributed by atoms with van der Waals surface area (Å²) in [4.78, 5) is 10.4. The van der Waals surface area contributed by atoms with Crippen LogP contribution < -0.4 is 4.74 Å². The predicted molar refractivity (Wildman–Crippen MR) is 103 cm³/mol. The molecule has 2 unspecified atom stereocenters. The number of nitrogens with one attached hydrogen (secondary N) is 1. The van der Waals surface area contributed by atoms with Crippen LogP contribution in [0.4, 0.5) is 0 Å². The fourth-order valence-corrected chi connectivity index (χ4v) is 3.56. The Morgan fingerprint density at radius 2 is 1.81 bits per heavy atom. The van der Waals surface area contributed by atoms with Crippen LogP contribution in [-0.4, -0.2) is 53.3 Å². The number of nitrogens with zero attached hydrogens (tertiary/aromatic N) is 2. The number of aromatic nitrogens is 2. The summed E-state index contributed by atoms with van der Waals surface area (Å²) in [5.74, 6) is 1.77. The van der Waals surface area contributed by atoms with E-state index in [1.165, 1.54) is 0 Å². The van der Waals surface area contributed by atoms with Crippen molar-refractivity contribution in [3.8, 4) is 17.1 Å². The van der Waals surface area contributed by atoms with Gasteiger partial charge in [0.15, 0.2) is 0 Å². The van der Waals surface area contributed by atoms with Gasteiger partial charge in [-0.15, -0.1) is 0 Å². The largest absolute Gasteiger partial charge is 0.492 e. The van der Waals surface area contributed by atoms with Crippen LogP contribution in [0.5, 0.6) is 5.75 Å². The van der Waals surface area contributed by atoms with Crippen molar-refractivity contribution in [2.75, 3.05) is 26.2 Å². The van der Waals surface area contributed by atoms with E-state index in [-0.39, 0.29) is 0 Å². The molecule has 5 nitrogen and oxygen atoms in total. The molecule has 2 aromatic carbocycles. The maximum Gasteiger partial charge on any atom is 0.138 e. The fraction of sp³-hybridized carbons (Fsp3) is 0.381. The monoisotopic (exact) mass is 351 g/mol. The second kappa shape index (κ2) is 7.48. The summed E-state index contributed by atoms with van der Waals surface area (Å²) < 4.78 is 11.7. The van der Waals surface area contributed by atoms with Crippen LogP contribution in [-0.2, 0) is 4.74 Å². The molecule has 0 radical (unpaired) electrons. The van der Waals surface area contributed by atoms with Crippen LogP contribution in [0.2, 0.25) is 0 Å². The molecule has 5 heteroatoms. The number of para-hydroxylation sites is 2. The predicted octanol–water partition coefficient (Wildman–Crippen LogP) is 3.72. The van der Waals surface area contributed by atoms with Crippen molar-refractivity contribution in [2.24, 2.45) is 0 Å². The van der Waals surface area contributed by atoms with Gasteiger partial charge in [0, 0.05) is 25.2 Å². The van der Waals surface area contributed by atoms with Gasteiger partial charge in [-0.05, 0) is 50.2 Å². The van der Waals surface area contributed by atoms with E-state index >= 15 is 0 Å². The second-order valence-electron chi connectivity index (χ2n) is 6.99. The zero-order chi connectivity index (χ0) is 17.9. The third-order valence-electron chi connectivity index (χ3n) is 4.69. The van der Waals surface area contributed by atoms with Crippen LogP contribution in [0.15, 0.2) is 48.5 Å². The third-order valence-corrected chi connectivity index (χ3v) is 4.69. The third kappa shape index (κ3) is 3.89. The van der Waals surface area contributed by atoms with Crippen molar-refractivity contribution >= 4 is 11.0 Å². The van der Waals surface area contributed by atoms with Crippen molar-refractivity contribution in [3.63, 3.8) is 0 Å². The molecule has 1 fully saturated rings. The summed E-state index contributed by atoms with van der Waals surface area (Å²) in [6.07, 6.45) is 0.587. The Morgan fingerprint density at radius 1 is 1.08 bits per heavy atom. The van der Waals surface area contributed by atoms with Gasteiger partial charge in [0.2, 0.25) is 0 Å². The first kappa shape index (κ1) is 17.1. The Bertz CT molecular complexity index is 816. The molecule has 1 aromatic heterocycles. The highest BCUT2D eigenvalue weighted by atomic mass is 16.5. The normalized spacial score (nSPS) is 21.2. The average molecular weight is 351 g/mol. The molecule has 0 amide bonds. The summed E-state index contributed by atoms with van der Waals surface area (Å²) in [7, 11) is 0. The zero-order valence-electron chi connectivity index (χ0n) is 15.3. The number of benzene rings is 2. The highest BCUT2D eigenvalue weighted by molar-refractivity contribution is 5.79. The minimum Gasteiger partial charge on any atom is -0.492 e. The lowest BCUT2D eigenvalue weighted by molar-refractivity contribution is -0.0699. The van der Waals surface area contributed by atoms with Crippen LogP contribution in [0.25, 0.3) is 22.4 Å². The molecular weight excluding hydrogens is 326 g/mol. The summed E-state index contributed by atoms with van der Waals surface area (Å²) in [6, 6.07) is 16.2. The summed E-state index contributed by atoms with van der Waals surface area (Å²) in [5.41, 5.74) is 3.10. The van der Waals surface area contributed by atoms with E-state index in [0.29, 0.717) is 18.8 Å². The fourth-order valence-electron chi connectivity index (χ4n) is 3.56. The van der Waals surface area contributed by atoms with E-state index in [2.05, 4.69) is 28.7 Å². The molecule has 1 aliphatic heterocycles. The van der Waals surface area contributed by atoms with Crippen molar-refractivity contribution in [1.29, 1.82) is 0 Å². The lowest BCUT2D eigenvalue weighted by Crippen LogP contribution is -2.46. The van der Waals surface area contributed by atoms with E-state index in [4.69, 9.17) is 9.47 Å². The highest BCUT2D eigenvalue weighted by Crippen LogP contribution is 2.22. The standard InChI is InChI=1S/C21H25N3O2/c1-15-13-24(14-16(2)26-15)11-12-25-18-9-7-17(8-10-18)21-22-19-5-3-4-6-20(19)23-21/h3-10,15-16H,11-14H2,1-2H3,(H,22,23). The number of aromatic amines is 1. The van der Waals surface area contributed by atoms with Crippen molar-refractivity contribution < 1.29 is 9.47 Å². The quantitative estimate of drug-likeness (QED) is 0.761. The van der Waals surface area contributed by atoms with Gasteiger partial charge in [-0.25, -0.2) is 4.98 Å². The minimum atomic E-state index is 0.293. The average Bonchev–Trinajstić information content (AvgIpc) is 3.06. The van der Waals surface area contributed by atoms with Crippen LogP contribution in [0.1, 0.15) is 13.8 Å². The van der Waals surface area contributed by atoms with Gasteiger partial charge in [0.05, 0.1) is 23.2 Å².